The lowest BCUT2D eigenvalue weighted by Crippen LogP contribution is -2.42. The third-order valence-corrected chi connectivity index (χ3v) is 7.48. The SMILES string of the molecule is CCc1cc(C(=O)c2ccc(OC(F)(F)F)cc2)c(NC(=O)CN2[C@@H](C(=O)O)CC[C@@H]2c2ccccc2)s1. The summed E-state index contributed by atoms with van der Waals surface area (Å²) in [6.45, 7) is 1.70. The molecule has 1 amide bonds. The Kier molecular flexibility index (Phi) is 8.17. The van der Waals surface area contributed by atoms with E-state index in [1.54, 1.807) is 11.0 Å². The molecular formula is C27H25F3N2O5S. The van der Waals surface area contributed by atoms with E-state index in [4.69, 9.17) is 0 Å². The molecule has 7 nitrogen and oxygen atoms in total. The Morgan fingerprint density at radius 3 is 2.37 bits per heavy atom. The summed E-state index contributed by atoms with van der Waals surface area (Å²) >= 11 is 1.22. The van der Waals surface area contributed by atoms with Gasteiger partial charge >= 0.3 is 12.3 Å². The molecule has 0 radical (unpaired) electrons. The molecule has 0 unspecified atom stereocenters. The first-order valence-electron chi connectivity index (χ1n) is 11.9. The lowest BCUT2D eigenvalue weighted by Gasteiger charge is -2.27. The summed E-state index contributed by atoms with van der Waals surface area (Å²) in [7, 11) is 0. The summed E-state index contributed by atoms with van der Waals surface area (Å²) in [6.07, 6.45) is -3.26. The van der Waals surface area contributed by atoms with Crippen LogP contribution >= 0.6 is 11.3 Å². The Morgan fingerprint density at radius 1 is 1.08 bits per heavy atom. The first-order chi connectivity index (χ1) is 18.1. The molecule has 0 saturated carbocycles. The predicted octanol–water partition coefficient (Wildman–Crippen LogP) is 5.67. The van der Waals surface area contributed by atoms with E-state index in [0.29, 0.717) is 24.3 Å². The number of benzene rings is 2. The second-order valence-electron chi connectivity index (χ2n) is 8.79. The molecule has 0 aliphatic carbocycles. The van der Waals surface area contributed by atoms with Crippen LogP contribution in [0.5, 0.6) is 5.75 Å². The van der Waals surface area contributed by atoms with Gasteiger partial charge in [-0.1, -0.05) is 37.3 Å². The fraction of sp³-hybridized carbons (Fsp3) is 0.296. The minimum absolute atomic E-state index is 0.130. The number of carboxylic acid groups (broad SMARTS) is 1. The highest BCUT2D eigenvalue weighted by Crippen LogP contribution is 2.37. The van der Waals surface area contributed by atoms with E-state index < -0.39 is 35.8 Å². The molecular weight excluding hydrogens is 521 g/mol. The van der Waals surface area contributed by atoms with E-state index in [1.807, 2.05) is 37.3 Å². The zero-order chi connectivity index (χ0) is 27.4. The van der Waals surface area contributed by atoms with Gasteiger partial charge in [0.2, 0.25) is 5.91 Å². The number of nitrogens with zero attached hydrogens (tertiary/aromatic N) is 1. The van der Waals surface area contributed by atoms with Crippen molar-refractivity contribution in [2.75, 3.05) is 11.9 Å². The molecule has 1 aliphatic heterocycles. The highest BCUT2D eigenvalue weighted by Gasteiger charge is 2.39. The van der Waals surface area contributed by atoms with E-state index >= 15 is 0 Å². The van der Waals surface area contributed by atoms with Crippen molar-refractivity contribution in [3.63, 3.8) is 0 Å². The molecule has 200 valence electrons. The molecule has 11 heteroatoms. The van der Waals surface area contributed by atoms with Crippen LogP contribution in [0.3, 0.4) is 0 Å². The molecule has 3 aromatic rings. The number of aliphatic carboxylic acids is 1. The van der Waals surface area contributed by atoms with Crippen LogP contribution in [0, 0.1) is 0 Å². The van der Waals surface area contributed by atoms with Crippen molar-refractivity contribution in [1.82, 2.24) is 4.90 Å². The predicted molar refractivity (Wildman–Crippen MR) is 135 cm³/mol. The second kappa shape index (κ2) is 11.4. The van der Waals surface area contributed by atoms with Crippen molar-refractivity contribution in [3.8, 4) is 5.75 Å². The average molecular weight is 547 g/mol. The van der Waals surface area contributed by atoms with E-state index in [1.165, 1.54) is 23.5 Å². The number of alkyl halides is 3. The maximum atomic E-state index is 13.2. The number of ketones is 1. The number of halogens is 3. The summed E-state index contributed by atoms with van der Waals surface area (Å²) in [4.78, 5) is 40.7. The zero-order valence-electron chi connectivity index (χ0n) is 20.3. The van der Waals surface area contributed by atoms with Crippen LogP contribution in [0.2, 0.25) is 0 Å². The van der Waals surface area contributed by atoms with Gasteiger partial charge in [-0.25, -0.2) is 0 Å². The fourth-order valence-corrected chi connectivity index (χ4v) is 5.57. The molecule has 1 fully saturated rings. The Bertz CT molecular complexity index is 1310. The van der Waals surface area contributed by atoms with Gasteiger partial charge in [-0.2, -0.15) is 0 Å². The Balaban J connectivity index is 1.53. The number of ether oxygens (including phenoxy) is 1. The first-order valence-corrected chi connectivity index (χ1v) is 12.7. The van der Waals surface area contributed by atoms with Gasteiger partial charge in [-0.15, -0.1) is 24.5 Å². The molecule has 2 aromatic carbocycles. The maximum Gasteiger partial charge on any atom is 0.573 e. The van der Waals surface area contributed by atoms with Gasteiger partial charge in [0.1, 0.15) is 16.8 Å². The van der Waals surface area contributed by atoms with E-state index in [2.05, 4.69) is 10.1 Å². The lowest BCUT2D eigenvalue weighted by atomic mass is 10.0. The minimum Gasteiger partial charge on any atom is -0.480 e. The van der Waals surface area contributed by atoms with Crippen molar-refractivity contribution in [2.45, 2.75) is 44.6 Å². The number of carbonyl (C=O) groups excluding carboxylic acids is 2. The largest absolute Gasteiger partial charge is 0.573 e. The maximum absolute atomic E-state index is 13.2. The molecule has 0 bridgehead atoms. The fourth-order valence-electron chi connectivity index (χ4n) is 4.56. The molecule has 2 N–H and O–H groups in total. The number of hydrogen-bond donors (Lipinski definition) is 2. The van der Waals surface area contributed by atoms with E-state index in [0.717, 1.165) is 22.6 Å². The van der Waals surface area contributed by atoms with Gasteiger partial charge < -0.3 is 15.2 Å². The normalized spacial score (nSPS) is 17.8. The molecule has 1 aromatic heterocycles. The smallest absolute Gasteiger partial charge is 0.480 e. The van der Waals surface area contributed by atoms with Crippen LogP contribution in [0.1, 0.15) is 52.2 Å². The first kappa shape index (κ1) is 27.3. The standard InChI is InChI=1S/C27H25F3N2O5S/c1-2-19-14-20(24(34)17-8-10-18(11-9-17)37-27(28,29)30)25(38-19)31-23(33)15-32-21(12-13-22(32)26(35)36)16-6-4-3-5-7-16/h3-11,14,21-22H,2,12-13,15H2,1H3,(H,31,33)(H,35,36)/t21-,22-/m1/s1. The number of amides is 1. The summed E-state index contributed by atoms with van der Waals surface area (Å²) < 4.78 is 41.2. The average Bonchev–Trinajstić information content (AvgIpc) is 3.47. The molecule has 38 heavy (non-hydrogen) atoms. The Morgan fingerprint density at radius 2 is 1.76 bits per heavy atom. The highest BCUT2D eigenvalue weighted by atomic mass is 32.1. The number of aryl methyl sites for hydroxylation is 1. The Labute approximate surface area is 220 Å². The third kappa shape index (κ3) is 6.40. The quantitative estimate of drug-likeness (QED) is 0.336. The summed E-state index contributed by atoms with van der Waals surface area (Å²) in [6, 6.07) is 14.5. The van der Waals surface area contributed by atoms with Crippen LogP contribution in [0.15, 0.2) is 60.7 Å². The van der Waals surface area contributed by atoms with E-state index in [-0.39, 0.29) is 23.7 Å². The molecule has 0 spiro atoms. The number of rotatable bonds is 9. The molecule has 2 atom stereocenters. The number of nitrogens with one attached hydrogen (secondary N) is 1. The molecule has 1 aliphatic rings. The van der Waals surface area contributed by atoms with Gasteiger partial charge in [0.05, 0.1) is 12.1 Å². The van der Waals surface area contributed by atoms with Gasteiger partial charge in [0.25, 0.3) is 0 Å². The topological polar surface area (TPSA) is 95.9 Å². The van der Waals surface area contributed by atoms with Crippen molar-refractivity contribution in [2.24, 2.45) is 0 Å². The van der Waals surface area contributed by atoms with Gasteiger partial charge in [0, 0.05) is 16.5 Å². The minimum atomic E-state index is -4.85. The Hall–Kier alpha value is -3.70. The monoisotopic (exact) mass is 546 g/mol. The summed E-state index contributed by atoms with van der Waals surface area (Å²) in [5, 5.41) is 12.8. The lowest BCUT2D eigenvalue weighted by molar-refractivity contribution is -0.274. The van der Waals surface area contributed by atoms with Gasteiger partial charge in [0.15, 0.2) is 5.78 Å². The van der Waals surface area contributed by atoms with Crippen molar-refractivity contribution in [1.29, 1.82) is 0 Å². The molecule has 4 rings (SSSR count). The van der Waals surface area contributed by atoms with Gasteiger partial charge in [-0.3, -0.25) is 19.3 Å². The van der Waals surface area contributed by atoms with Crippen LogP contribution < -0.4 is 10.1 Å². The van der Waals surface area contributed by atoms with Crippen molar-refractivity contribution < 1.29 is 37.4 Å². The highest BCUT2D eigenvalue weighted by molar-refractivity contribution is 7.16. The zero-order valence-corrected chi connectivity index (χ0v) is 21.1. The number of hydrogen-bond acceptors (Lipinski definition) is 6. The number of likely N-dealkylation sites (tertiary alicyclic amines) is 1. The second-order valence-corrected chi connectivity index (χ2v) is 9.93. The molecule has 1 saturated heterocycles. The van der Waals surface area contributed by atoms with Gasteiger partial charge in [-0.05, 0) is 55.2 Å². The van der Waals surface area contributed by atoms with E-state index in [9.17, 15) is 32.7 Å². The van der Waals surface area contributed by atoms with Crippen LogP contribution in [0.25, 0.3) is 0 Å². The number of carbonyl (C=O) groups is 3. The number of thiophene rings is 1. The van der Waals surface area contributed by atoms with Crippen LogP contribution in [-0.2, 0) is 16.0 Å². The summed E-state index contributed by atoms with van der Waals surface area (Å²) in [5.74, 6) is -2.39. The molecule has 2 heterocycles. The van der Waals surface area contributed by atoms with Crippen LogP contribution in [-0.4, -0.2) is 46.6 Å². The third-order valence-electron chi connectivity index (χ3n) is 6.29. The van der Waals surface area contributed by atoms with Crippen molar-refractivity contribution >= 4 is 34.0 Å². The van der Waals surface area contributed by atoms with Crippen molar-refractivity contribution in [3.05, 3.63) is 82.2 Å². The number of carboxylic acids is 1. The van der Waals surface area contributed by atoms with Crippen LogP contribution in [0.4, 0.5) is 18.2 Å². The number of anilines is 1. The summed E-state index contributed by atoms with van der Waals surface area (Å²) in [5.41, 5.74) is 1.26.